The van der Waals surface area contributed by atoms with E-state index in [1.807, 2.05) is 43.9 Å². The number of amides is 1. The van der Waals surface area contributed by atoms with Gasteiger partial charge in [-0.3, -0.25) is 4.90 Å². The predicted octanol–water partition coefficient (Wildman–Crippen LogP) is 5.48. The molecule has 1 atom stereocenters. The Kier molecular flexibility index (Phi) is 6.86. The molecule has 1 aliphatic heterocycles. The van der Waals surface area contributed by atoms with Crippen LogP contribution < -0.4 is 0 Å². The third kappa shape index (κ3) is 5.74. The largest absolute Gasteiger partial charge is 0.444 e. The molecule has 29 heavy (non-hydrogen) atoms. The minimum absolute atomic E-state index is 0.219. The lowest BCUT2D eigenvalue weighted by atomic mass is 9.93. The zero-order chi connectivity index (χ0) is 21.0. The van der Waals surface area contributed by atoms with E-state index in [0.717, 1.165) is 30.1 Å². The summed E-state index contributed by atoms with van der Waals surface area (Å²) < 4.78 is 5.54. The van der Waals surface area contributed by atoms with Crippen LogP contribution in [0.3, 0.4) is 0 Å². The lowest BCUT2D eigenvalue weighted by Crippen LogP contribution is -2.51. The van der Waals surface area contributed by atoms with Crippen LogP contribution in [0.5, 0.6) is 0 Å². The maximum absolute atomic E-state index is 12.4. The van der Waals surface area contributed by atoms with E-state index in [1.165, 1.54) is 11.1 Å². The Morgan fingerprint density at radius 1 is 1.03 bits per heavy atom. The first-order valence-electron chi connectivity index (χ1n) is 10.3. The molecule has 1 aliphatic rings. The number of rotatable bonds is 4. The van der Waals surface area contributed by atoms with Gasteiger partial charge in [-0.15, -0.1) is 0 Å². The molecule has 0 N–H and O–H groups in total. The van der Waals surface area contributed by atoms with E-state index in [4.69, 9.17) is 16.3 Å². The van der Waals surface area contributed by atoms with E-state index < -0.39 is 5.60 Å². The molecule has 1 amide bonds. The number of ether oxygens (including phenoxy) is 1. The van der Waals surface area contributed by atoms with Crippen molar-refractivity contribution in [1.29, 1.82) is 0 Å². The van der Waals surface area contributed by atoms with Gasteiger partial charge in [-0.2, -0.15) is 0 Å². The van der Waals surface area contributed by atoms with Crippen molar-refractivity contribution in [3.63, 3.8) is 0 Å². The molecule has 156 valence electrons. The van der Waals surface area contributed by atoms with Crippen molar-refractivity contribution in [2.75, 3.05) is 26.2 Å². The number of hydrogen-bond acceptors (Lipinski definition) is 3. The molecule has 0 aliphatic carbocycles. The summed E-state index contributed by atoms with van der Waals surface area (Å²) in [6.45, 7) is 10.8. The van der Waals surface area contributed by atoms with Gasteiger partial charge in [0.1, 0.15) is 5.60 Å². The third-order valence-electron chi connectivity index (χ3n) is 5.33. The fraction of sp³-hybridized carbons (Fsp3) is 0.458. The highest BCUT2D eigenvalue weighted by Crippen LogP contribution is 2.31. The molecule has 2 aromatic carbocycles. The standard InChI is InChI=1S/C24H31ClN2O2/c1-18-9-5-7-11-20(18)22(17-19-10-6-8-12-21(19)25)26-13-15-27(16-14-26)23(28)29-24(2,3)4/h5-12,22H,13-17H2,1-4H3. The maximum atomic E-state index is 12.4. The Balaban J connectivity index is 1.77. The van der Waals surface area contributed by atoms with Crippen molar-refractivity contribution >= 4 is 17.7 Å². The Morgan fingerprint density at radius 3 is 2.28 bits per heavy atom. The van der Waals surface area contributed by atoms with Crippen LogP contribution in [-0.2, 0) is 11.2 Å². The van der Waals surface area contributed by atoms with Crippen molar-refractivity contribution < 1.29 is 9.53 Å². The Hall–Kier alpha value is -2.04. The summed E-state index contributed by atoms with van der Waals surface area (Å²) >= 11 is 6.47. The average Bonchev–Trinajstić information content (AvgIpc) is 2.67. The van der Waals surface area contributed by atoms with Crippen LogP contribution in [0.25, 0.3) is 0 Å². The van der Waals surface area contributed by atoms with Crippen molar-refractivity contribution in [2.45, 2.75) is 45.8 Å². The monoisotopic (exact) mass is 414 g/mol. The van der Waals surface area contributed by atoms with Gasteiger partial charge in [0.25, 0.3) is 0 Å². The lowest BCUT2D eigenvalue weighted by Gasteiger charge is -2.40. The summed E-state index contributed by atoms with van der Waals surface area (Å²) in [5, 5.41) is 0.804. The molecule has 0 bridgehead atoms. The van der Waals surface area contributed by atoms with Gasteiger partial charge in [-0.25, -0.2) is 4.79 Å². The number of carbonyl (C=O) groups excluding carboxylic acids is 1. The van der Waals surface area contributed by atoms with Gasteiger partial charge in [0, 0.05) is 37.2 Å². The lowest BCUT2D eigenvalue weighted by molar-refractivity contribution is 0.0101. The molecule has 1 saturated heterocycles. The molecule has 1 fully saturated rings. The first-order chi connectivity index (χ1) is 13.7. The highest BCUT2D eigenvalue weighted by molar-refractivity contribution is 6.31. The van der Waals surface area contributed by atoms with Crippen molar-refractivity contribution in [1.82, 2.24) is 9.80 Å². The fourth-order valence-corrected chi connectivity index (χ4v) is 4.02. The normalized spacial score (nSPS) is 16.5. The predicted molar refractivity (Wildman–Crippen MR) is 118 cm³/mol. The SMILES string of the molecule is Cc1ccccc1C(Cc1ccccc1Cl)N1CCN(C(=O)OC(C)(C)C)CC1. The van der Waals surface area contributed by atoms with Crippen molar-refractivity contribution in [3.05, 3.63) is 70.2 Å². The van der Waals surface area contributed by atoms with Gasteiger partial charge in [-0.1, -0.05) is 54.1 Å². The Morgan fingerprint density at radius 2 is 1.66 bits per heavy atom. The van der Waals surface area contributed by atoms with E-state index >= 15 is 0 Å². The summed E-state index contributed by atoms with van der Waals surface area (Å²) in [6.07, 6.45) is 0.618. The molecular formula is C24H31ClN2O2. The van der Waals surface area contributed by atoms with Crippen LogP contribution >= 0.6 is 11.6 Å². The highest BCUT2D eigenvalue weighted by atomic mass is 35.5. The molecule has 5 heteroatoms. The average molecular weight is 415 g/mol. The van der Waals surface area contributed by atoms with E-state index in [0.29, 0.717) is 13.1 Å². The fourth-order valence-electron chi connectivity index (χ4n) is 3.81. The molecule has 0 spiro atoms. The van der Waals surface area contributed by atoms with Crippen LogP contribution in [0.4, 0.5) is 4.79 Å². The van der Waals surface area contributed by atoms with E-state index in [2.05, 4.69) is 42.2 Å². The van der Waals surface area contributed by atoms with E-state index in [9.17, 15) is 4.79 Å². The minimum atomic E-state index is -0.470. The summed E-state index contributed by atoms with van der Waals surface area (Å²) in [5.41, 5.74) is 3.27. The van der Waals surface area contributed by atoms with Crippen LogP contribution in [0.15, 0.2) is 48.5 Å². The van der Waals surface area contributed by atoms with Crippen LogP contribution in [0.1, 0.15) is 43.5 Å². The Labute approximate surface area is 179 Å². The molecule has 4 nitrogen and oxygen atoms in total. The third-order valence-corrected chi connectivity index (χ3v) is 5.69. The molecule has 2 aromatic rings. The number of halogens is 1. The van der Waals surface area contributed by atoms with Crippen molar-refractivity contribution in [2.24, 2.45) is 0 Å². The quantitative estimate of drug-likeness (QED) is 0.663. The van der Waals surface area contributed by atoms with Gasteiger partial charge in [0.2, 0.25) is 0 Å². The second kappa shape index (κ2) is 9.19. The molecule has 1 unspecified atom stereocenters. The topological polar surface area (TPSA) is 32.8 Å². The highest BCUT2D eigenvalue weighted by Gasteiger charge is 2.30. The second-order valence-electron chi connectivity index (χ2n) is 8.67. The van der Waals surface area contributed by atoms with Gasteiger partial charge in [0.15, 0.2) is 0 Å². The Bertz CT molecular complexity index is 839. The summed E-state index contributed by atoms with van der Waals surface area (Å²) in [6, 6.07) is 16.8. The van der Waals surface area contributed by atoms with Gasteiger partial charge < -0.3 is 9.64 Å². The van der Waals surface area contributed by atoms with Crippen molar-refractivity contribution in [3.8, 4) is 0 Å². The number of aryl methyl sites for hydroxylation is 1. The second-order valence-corrected chi connectivity index (χ2v) is 9.08. The summed E-state index contributed by atoms with van der Waals surface area (Å²) in [7, 11) is 0. The molecule has 0 saturated carbocycles. The number of carbonyl (C=O) groups is 1. The zero-order valence-corrected chi connectivity index (χ0v) is 18.6. The summed E-state index contributed by atoms with van der Waals surface area (Å²) in [4.78, 5) is 16.7. The number of nitrogens with zero attached hydrogens (tertiary/aromatic N) is 2. The molecule has 0 radical (unpaired) electrons. The molecule has 1 heterocycles. The van der Waals surface area contributed by atoms with Crippen LogP contribution in [-0.4, -0.2) is 47.7 Å². The van der Waals surface area contributed by atoms with E-state index in [1.54, 1.807) is 0 Å². The van der Waals surface area contributed by atoms with Gasteiger partial charge >= 0.3 is 6.09 Å². The van der Waals surface area contributed by atoms with Crippen LogP contribution in [0, 0.1) is 6.92 Å². The first-order valence-corrected chi connectivity index (χ1v) is 10.6. The number of hydrogen-bond donors (Lipinski definition) is 0. The molecular weight excluding hydrogens is 384 g/mol. The van der Waals surface area contributed by atoms with Gasteiger partial charge in [-0.05, 0) is 56.9 Å². The summed E-state index contributed by atoms with van der Waals surface area (Å²) in [5.74, 6) is 0. The first kappa shape index (κ1) is 21.7. The maximum Gasteiger partial charge on any atom is 0.410 e. The molecule has 3 rings (SSSR count). The van der Waals surface area contributed by atoms with Crippen LogP contribution in [0.2, 0.25) is 5.02 Å². The number of benzene rings is 2. The zero-order valence-electron chi connectivity index (χ0n) is 17.8. The van der Waals surface area contributed by atoms with Gasteiger partial charge in [0.05, 0.1) is 0 Å². The smallest absolute Gasteiger partial charge is 0.410 e. The minimum Gasteiger partial charge on any atom is -0.444 e. The number of piperazine rings is 1. The van der Waals surface area contributed by atoms with E-state index in [-0.39, 0.29) is 12.1 Å². The molecule has 0 aromatic heterocycles.